The van der Waals surface area contributed by atoms with Crippen LogP contribution in [0, 0.1) is 0 Å². The number of piperidine rings is 1. The number of aromatic hydroxyl groups is 1. The molecule has 3 aromatic rings. The molecular formula is C23H29N7O. The summed E-state index contributed by atoms with van der Waals surface area (Å²) < 4.78 is 23.2. The second kappa shape index (κ2) is 7.02. The molecule has 0 amide bonds. The van der Waals surface area contributed by atoms with Crippen LogP contribution in [0.3, 0.4) is 0 Å². The summed E-state index contributed by atoms with van der Waals surface area (Å²) in [6.07, 6.45) is 8.97. The fourth-order valence-corrected chi connectivity index (χ4v) is 4.79. The van der Waals surface area contributed by atoms with E-state index in [2.05, 4.69) is 51.4 Å². The van der Waals surface area contributed by atoms with Crippen molar-refractivity contribution in [2.24, 2.45) is 6.98 Å². The summed E-state index contributed by atoms with van der Waals surface area (Å²) in [5.74, 6) is 0.723. The monoisotopic (exact) mass is 422 g/mol. The molecule has 1 aliphatic heterocycles. The predicted molar refractivity (Wildman–Crippen MR) is 120 cm³/mol. The Morgan fingerprint density at radius 1 is 1.19 bits per heavy atom. The van der Waals surface area contributed by atoms with Gasteiger partial charge in [-0.05, 0) is 57.7 Å². The fourth-order valence-electron chi connectivity index (χ4n) is 4.79. The van der Waals surface area contributed by atoms with E-state index in [0.29, 0.717) is 28.6 Å². The van der Waals surface area contributed by atoms with Gasteiger partial charge in [-0.1, -0.05) is 0 Å². The standard InChI is InChI=1S/C23H29N7O/c1-22(2)10-17(11-23(28-22)7-8-23)30(4)20-6-5-18(26-27-20)21-19(31)9-15(12-24-21)16-13-25-29(3)14-16/h5-6,9,12-14,17,28,31H,7-8,10-11H2,1-4H3/i3D3. The number of rotatable bonds is 4. The Bertz CT molecular complexity index is 1200. The van der Waals surface area contributed by atoms with E-state index in [0.717, 1.165) is 23.3 Å². The molecule has 4 heterocycles. The van der Waals surface area contributed by atoms with Crippen molar-refractivity contribution in [2.75, 3.05) is 11.9 Å². The molecule has 0 radical (unpaired) electrons. The number of nitrogens with zero attached hydrogens (tertiary/aromatic N) is 6. The maximum Gasteiger partial charge on any atom is 0.151 e. The normalized spacial score (nSPS) is 23.1. The van der Waals surface area contributed by atoms with Gasteiger partial charge >= 0.3 is 0 Å². The first-order valence-electron chi connectivity index (χ1n) is 12.1. The van der Waals surface area contributed by atoms with E-state index >= 15 is 0 Å². The first-order valence-corrected chi connectivity index (χ1v) is 10.6. The molecule has 1 aliphatic carbocycles. The number of hydrogen-bond donors (Lipinski definition) is 2. The Labute approximate surface area is 186 Å². The van der Waals surface area contributed by atoms with Gasteiger partial charge in [0.15, 0.2) is 5.82 Å². The zero-order chi connectivity index (χ0) is 24.3. The van der Waals surface area contributed by atoms with E-state index in [1.165, 1.54) is 31.3 Å². The van der Waals surface area contributed by atoms with Crippen molar-refractivity contribution in [3.8, 4) is 28.3 Å². The quantitative estimate of drug-likeness (QED) is 0.667. The SMILES string of the molecule is [2H]C([2H])([2H])n1cc(-c2cnc(-c3ccc(N(C)C4CC(C)(C)NC5(CC5)C4)nn3)c(O)c2)cn1. The lowest BCUT2D eigenvalue weighted by Gasteiger charge is -2.45. The number of nitrogens with one attached hydrogen (secondary N) is 1. The molecule has 1 saturated heterocycles. The average Bonchev–Trinajstić information content (AvgIpc) is 3.29. The van der Waals surface area contributed by atoms with Gasteiger partial charge in [0.05, 0.1) is 6.20 Å². The summed E-state index contributed by atoms with van der Waals surface area (Å²) in [4.78, 5) is 6.56. The van der Waals surface area contributed by atoms with Gasteiger partial charge in [-0.25, -0.2) is 4.98 Å². The summed E-state index contributed by atoms with van der Waals surface area (Å²) in [5, 5.41) is 27.0. The Morgan fingerprint density at radius 2 is 2.03 bits per heavy atom. The molecule has 0 aromatic carbocycles. The van der Waals surface area contributed by atoms with Gasteiger partial charge in [-0.3, -0.25) is 4.68 Å². The molecule has 1 spiro atoms. The molecule has 0 bridgehead atoms. The summed E-state index contributed by atoms with van der Waals surface area (Å²) in [7, 11) is 2.07. The molecule has 1 saturated carbocycles. The Hall–Kier alpha value is -3.00. The molecule has 31 heavy (non-hydrogen) atoms. The van der Waals surface area contributed by atoms with Crippen LogP contribution in [0.2, 0.25) is 0 Å². The number of aromatic nitrogens is 5. The first kappa shape index (κ1) is 16.7. The topological polar surface area (TPSA) is 92.0 Å². The van der Waals surface area contributed by atoms with E-state index in [4.69, 9.17) is 4.11 Å². The molecule has 2 fully saturated rings. The van der Waals surface area contributed by atoms with Gasteiger partial charge in [0, 0.05) is 58.8 Å². The van der Waals surface area contributed by atoms with Crippen LogP contribution in [-0.4, -0.2) is 54.2 Å². The molecule has 8 heteroatoms. The minimum atomic E-state index is -2.36. The van der Waals surface area contributed by atoms with Crippen LogP contribution < -0.4 is 10.2 Å². The molecule has 2 aliphatic rings. The highest BCUT2D eigenvalue weighted by Crippen LogP contribution is 2.47. The third kappa shape index (κ3) is 3.87. The molecule has 8 nitrogen and oxygen atoms in total. The predicted octanol–water partition coefficient (Wildman–Crippen LogP) is 3.14. The zero-order valence-corrected chi connectivity index (χ0v) is 18.0. The van der Waals surface area contributed by atoms with Gasteiger partial charge in [-0.15, -0.1) is 10.2 Å². The number of hydrogen-bond acceptors (Lipinski definition) is 7. The van der Waals surface area contributed by atoms with Crippen LogP contribution in [0.1, 0.15) is 43.6 Å². The van der Waals surface area contributed by atoms with Crippen molar-refractivity contribution in [1.82, 2.24) is 30.3 Å². The smallest absolute Gasteiger partial charge is 0.151 e. The molecular weight excluding hydrogens is 390 g/mol. The highest BCUT2D eigenvalue weighted by atomic mass is 16.3. The lowest BCUT2D eigenvalue weighted by atomic mass is 9.83. The van der Waals surface area contributed by atoms with E-state index in [1.54, 1.807) is 6.20 Å². The van der Waals surface area contributed by atoms with E-state index in [9.17, 15) is 5.11 Å². The number of aryl methyl sites for hydroxylation is 1. The molecule has 3 aromatic heterocycles. The third-order valence-electron chi connectivity index (χ3n) is 6.42. The summed E-state index contributed by atoms with van der Waals surface area (Å²) >= 11 is 0. The lowest BCUT2D eigenvalue weighted by molar-refractivity contribution is 0.203. The van der Waals surface area contributed by atoms with E-state index in [-0.39, 0.29) is 16.8 Å². The largest absolute Gasteiger partial charge is 0.506 e. The van der Waals surface area contributed by atoms with Crippen molar-refractivity contribution in [1.29, 1.82) is 0 Å². The van der Waals surface area contributed by atoms with Crippen molar-refractivity contribution >= 4 is 5.82 Å². The highest BCUT2D eigenvalue weighted by Gasteiger charge is 2.51. The minimum absolute atomic E-state index is 0.0645. The summed E-state index contributed by atoms with van der Waals surface area (Å²) in [6, 6.07) is 5.62. The maximum absolute atomic E-state index is 10.6. The molecule has 162 valence electrons. The minimum Gasteiger partial charge on any atom is -0.506 e. The molecule has 2 N–H and O–H groups in total. The summed E-state index contributed by atoms with van der Waals surface area (Å²) in [6.45, 7) is 2.16. The second-order valence-corrected chi connectivity index (χ2v) is 9.50. The Morgan fingerprint density at radius 3 is 2.68 bits per heavy atom. The van der Waals surface area contributed by atoms with Gasteiger partial charge in [0.25, 0.3) is 0 Å². The highest BCUT2D eigenvalue weighted by molar-refractivity contribution is 5.70. The number of pyridine rings is 1. The first-order chi connectivity index (χ1) is 15.9. The van der Waals surface area contributed by atoms with Crippen LogP contribution >= 0.6 is 0 Å². The average molecular weight is 423 g/mol. The van der Waals surface area contributed by atoms with E-state index in [1.807, 2.05) is 12.1 Å². The lowest BCUT2D eigenvalue weighted by Crippen LogP contribution is -2.58. The van der Waals surface area contributed by atoms with Crippen LogP contribution in [0.4, 0.5) is 5.82 Å². The second-order valence-electron chi connectivity index (χ2n) is 9.50. The maximum atomic E-state index is 10.6. The van der Waals surface area contributed by atoms with Crippen molar-refractivity contribution in [3.63, 3.8) is 0 Å². The number of anilines is 1. The molecule has 5 rings (SSSR count). The van der Waals surface area contributed by atoms with Crippen molar-refractivity contribution in [3.05, 3.63) is 36.8 Å². The van der Waals surface area contributed by atoms with Crippen LogP contribution in [0.25, 0.3) is 22.5 Å². The third-order valence-corrected chi connectivity index (χ3v) is 6.42. The van der Waals surface area contributed by atoms with Crippen LogP contribution in [0.5, 0.6) is 5.75 Å². The van der Waals surface area contributed by atoms with Crippen LogP contribution in [0.15, 0.2) is 36.8 Å². The Kier molecular flexibility index (Phi) is 3.77. The van der Waals surface area contributed by atoms with E-state index < -0.39 is 6.98 Å². The Balaban J connectivity index is 1.34. The van der Waals surface area contributed by atoms with Crippen molar-refractivity contribution in [2.45, 2.75) is 56.7 Å². The zero-order valence-electron chi connectivity index (χ0n) is 21.0. The van der Waals surface area contributed by atoms with Crippen LogP contribution in [-0.2, 0) is 6.98 Å². The summed E-state index contributed by atoms with van der Waals surface area (Å²) in [5.41, 5.74) is 2.23. The van der Waals surface area contributed by atoms with Gasteiger partial charge < -0.3 is 15.3 Å². The van der Waals surface area contributed by atoms with Gasteiger partial charge in [0.1, 0.15) is 17.1 Å². The molecule has 1 atom stereocenters. The fraction of sp³-hybridized carbons (Fsp3) is 0.478. The van der Waals surface area contributed by atoms with Crippen molar-refractivity contribution < 1.29 is 9.22 Å². The van der Waals surface area contributed by atoms with Gasteiger partial charge in [-0.2, -0.15) is 5.10 Å². The van der Waals surface area contributed by atoms with Gasteiger partial charge in [0.2, 0.25) is 0 Å². The molecule has 1 unspecified atom stereocenters.